The van der Waals surface area contributed by atoms with Crippen LogP contribution in [0.5, 0.6) is 0 Å². The van der Waals surface area contributed by atoms with Crippen LogP contribution >= 0.6 is 0 Å². The van der Waals surface area contributed by atoms with Crippen molar-refractivity contribution in [3.63, 3.8) is 0 Å². The zero-order valence-electron chi connectivity index (χ0n) is 9.69. The molecule has 0 unspecified atom stereocenters. The van der Waals surface area contributed by atoms with Gasteiger partial charge in [-0.2, -0.15) is 0 Å². The first-order chi connectivity index (χ1) is 7.70. The summed E-state index contributed by atoms with van der Waals surface area (Å²) in [6.07, 6.45) is 0. The Bertz CT molecular complexity index is 465. The van der Waals surface area contributed by atoms with E-state index < -0.39 is 27.9 Å². The maximum Gasteiger partial charge on any atom is 0.341 e. The third-order valence-electron chi connectivity index (χ3n) is 1.78. The van der Waals surface area contributed by atoms with Crippen LogP contribution in [0.25, 0.3) is 0 Å². The first-order valence-electron chi connectivity index (χ1n) is 4.88. The largest absolute Gasteiger partial charge is 0.456 e. The lowest BCUT2D eigenvalue weighted by atomic mass is 10.1. The number of benzene rings is 1. The number of halogens is 1. The van der Waals surface area contributed by atoms with E-state index in [1.807, 2.05) is 0 Å². The van der Waals surface area contributed by atoms with Crippen molar-refractivity contribution in [3.8, 4) is 0 Å². The van der Waals surface area contributed by atoms with Crippen LogP contribution in [0.3, 0.4) is 0 Å². The number of esters is 1. The SMILES string of the molecule is CC(C)(C)OC(=O)c1cc([N+](=O)[O-])ccc1F. The highest BCUT2D eigenvalue weighted by molar-refractivity contribution is 5.90. The minimum Gasteiger partial charge on any atom is -0.456 e. The zero-order valence-corrected chi connectivity index (χ0v) is 9.69. The third-order valence-corrected chi connectivity index (χ3v) is 1.78. The summed E-state index contributed by atoms with van der Waals surface area (Å²) in [6, 6.07) is 2.73. The van der Waals surface area contributed by atoms with Crippen molar-refractivity contribution in [2.45, 2.75) is 26.4 Å². The lowest BCUT2D eigenvalue weighted by molar-refractivity contribution is -0.384. The van der Waals surface area contributed by atoms with Gasteiger partial charge in [0.2, 0.25) is 0 Å². The van der Waals surface area contributed by atoms with E-state index in [1.54, 1.807) is 20.8 Å². The second-order valence-corrected chi connectivity index (χ2v) is 4.42. The van der Waals surface area contributed by atoms with Crippen molar-refractivity contribution in [1.29, 1.82) is 0 Å². The summed E-state index contributed by atoms with van der Waals surface area (Å²) in [6.45, 7) is 4.88. The molecule has 0 saturated heterocycles. The van der Waals surface area contributed by atoms with Crippen LogP contribution in [0, 0.1) is 15.9 Å². The lowest BCUT2D eigenvalue weighted by Gasteiger charge is -2.19. The molecule has 1 aromatic carbocycles. The van der Waals surface area contributed by atoms with Crippen LogP contribution in [0.4, 0.5) is 10.1 Å². The molecule has 92 valence electrons. The molecule has 1 aromatic rings. The normalized spacial score (nSPS) is 11.1. The van der Waals surface area contributed by atoms with E-state index in [1.165, 1.54) is 0 Å². The maximum atomic E-state index is 13.3. The summed E-state index contributed by atoms with van der Waals surface area (Å²) in [5.41, 5.74) is -1.57. The number of non-ortho nitro benzene ring substituents is 1. The molecule has 0 spiro atoms. The minimum absolute atomic E-state index is 0.354. The Morgan fingerprint density at radius 3 is 2.47 bits per heavy atom. The summed E-state index contributed by atoms with van der Waals surface area (Å²) in [4.78, 5) is 21.4. The number of nitrogens with zero attached hydrogens (tertiary/aromatic N) is 1. The molecular weight excluding hydrogens is 229 g/mol. The molecule has 0 atom stereocenters. The fraction of sp³-hybridized carbons (Fsp3) is 0.364. The van der Waals surface area contributed by atoms with Crippen LogP contribution < -0.4 is 0 Å². The molecule has 0 bridgehead atoms. The summed E-state index contributed by atoms with van der Waals surface area (Å²) in [5.74, 6) is -1.76. The highest BCUT2D eigenvalue weighted by Crippen LogP contribution is 2.19. The van der Waals surface area contributed by atoms with E-state index in [2.05, 4.69) is 0 Å². The molecular formula is C11H12FNO4. The molecule has 0 aliphatic carbocycles. The van der Waals surface area contributed by atoms with E-state index in [9.17, 15) is 19.3 Å². The van der Waals surface area contributed by atoms with Gasteiger partial charge < -0.3 is 4.74 Å². The van der Waals surface area contributed by atoms with Gasteiger partial charge in [0.05, 0.1) is 4.92 Å². The van der Waals surface area contributed by atoms with E-state index in [0.717, 1.165) is 18.2 Å². The maximum absolute atomic E-state index is 13.3. The summed E-state index contributed by atoms with van der Waals surface area (Å²) < 4.78 is 18.3. The Labute approximate surface area is 97.3 Å². The fourth-order valence-corrected chi connectivity index (χ4v) is 1.12. The van der Waals surface area contributed by atoms with Gasteiger partial charge in [0.1, 0.15) is 17.0 Å². The highest BCUT2D eigenvalue weighted by atomic mass is 19.1. The minimum atomic E-state index is -0.918. The van der Waals surface area contributed by atoms with Gasteiger partial charge in [-0.05, 0) is 26.8 Å². The first kappa shape index (κ1) is 13.1. The average molecular weight is 241 g/mol. The van der Waals surface area contributed by atoms with Crippen molar-refractivity contribution in [1.82, 2.24) is 0 Å². The molecule has 0 N–H and O–H groups in total. The number of carbonyl (C=O) groups excluding carboxylic acids is 1. The highest BCUT2D eigenvalue weighted by Gasteiger charge is 2.22. The molecule has 0 aromatic heterocycles. The molecule has 0 fully saturated rings. The number of carbonyl (C=O) groups is 1. The lowest BCUT2D eigenvalue weighted by Crippen LogP contribution is -2.24. The number of ether oxygens (including phenoxy) is 1. The smallest absolute Gasteiger partial charge is 0.341 e. The standard InChI is InChI=1S/C11H12FNO4/c1-11(2,3)17-10(14)8-6-7(13(15)16)4-5-9(8)12/h4-6H,1-3H3. The summed E-state index contributed by atoms with van der Waals surface area (Å²) in [5, 5.41) is 10.5. The van der Waals surface area contributed by atoms with Gasteiger partial charge in [0.25, 0.3) is 5.69 Å². The Hall–Kier alpha value is -1.98. The second kappa shape index (κ2) is 4.48. The van der Waals surface area contributed by atoms with Gasteiger partial charge in [0.15, 0.2) is 0 Å². The summed E-state index contributed by atoms with van der Waals surface area (Å²) in [7, 11) is 0. The molecule has 0 aliphatic heterocycles. The molecule has 17 heavy (non-hydrogen) atoms. The van der Waals surface area contributed by atoms with Crippen LogP contribution in [-0.4, -0.2) is 16.5 Å². The van der Waals surface area contributed by atoms with E-state index in [-0.39, 0.29) is 5.69 Å². The van der Waals surface area contributed by atoms with Gasteiger partial charge in [-0.1, -0.05) is 0 Å². The van der Waals surface area contributed by atoms with Crippen molar-refractivity contribution in [2.75, 3.05) is 0 Å². The molecule has 5 nitrogen and oxygen atoms in total. The Morgan fingerprint density at radius 2 is 2.00 bits per heavy atom. The topological polar surface area (TPSA) is 69.4 Å². The molecule has 1 rings (SSSR count). The number of hydrogen-bond acceptors (Lipinski definition) is 4. The summed E-state index contributed by atoms with van der Waals surface area (Å²) >= 11 is 0. The van der Waals surface area contributed by atoms with Crippen molar-refractivity contribution < 1.29 is 18.8 Å². The zero-order chi connectivity index (χ0) is 13.2. The predicted molar refractivity (Wildman–Crippen MR) is 58.2 cm³/mol. The molecule has 0 heterocycles. The van der Waals surface area contributed by atoms with Gasteiger partial charge in [-0.25, -0.2) is 9.18 Å². The number of nitro benzene ring substituents is 1. The van der Waals surface area contributed by atoms with Crippen molar-refractivity contribution in [2.24, 2.45) is 0 Å². The van der Waals surface area contributed by atoms with Gasteiger partial charge in [-0.3, -0.25) is 10.1 Å². The van der Waals surface area contributed by atoms with Crippen molar-refractivity contribution >= 4 is 11.7 Å². The van der Waals surface area contributed by atoms with Gasteiger partial charge in [-0.15, -0.1) is 0 Å². The van der Waals surface area contributed by atoms with Crippen LogP contribution in [-0.2, 0) is 4.74 Å². The van der Waals surface area contributed by atoms with E-state index >= 15 is 0 Å². The van der Waals surface area contributed by atoms with E-state index in [4.69, 9.17) is 4.74 Å². The first-order valence-corrected chi connectivity index (χ1v) is 4.88. The van der Waals surface area contributed by atoms with Crippen LogP contribution in [0.1, 0.15) is 31.1 Å². The van der Waals surface area contributed by atoms with E-state index in [0.29, 0.717) is 0 Å². The molecule has 0 amide bonds. The average Bonchev–Trinajstić information content (AvgIpc) is 2.14. The van der Waals surface area contributed by atoms with Gasteiger partial charge in [0, 0.05) is 12.1 Å². The number of hydrogen-bond donors (Lipinski definition) is 0. The Kier molecular flexibility index (Phi) is 3.45. The second-order valence-electron chi connectivity index (χ2n) is 4.42. The Balaban J connectivity index is 3.08. The quantitative estimate of drug-likeness (QED) is 0.453. The van der Waals surface area contributed by atoms with Crippen LogP contribution in [0.2, 0.25) is 0 Å². The molecule has 6 heteroatoms. The molecule has 0 radical (unpaired) electrons. The number of rotatable bonds is 2. The molecule has 0 aliphatic rings. The monoisotopic (exact) mass is 241 g/mol. The molecule has 0 saturated carbocycles. The Morgan fingerprint density at radius 1 is 1.41 bits per heavy atom. The fourth-order valence-electron chi connectivity index (χ4n) is 1.12. The number of nitro groups is 1. The van der Waals surface area contributed by atoms with Crippen molar-refractivity contribution in [3.05, 3.63) is 39.7 Å². The predicted octanol–water partition coefficient (Wildman–Crippen LogP) is 2.69. The van der Waals surface area contributed by atoms with Crippen LogP contribution in [0.15, 0.2) is 18.2 Å². The van der Waals surface area contributed by atoms with Gasteiger partial charge >= 0.3 is 5.97 Å². The third kappa shape index (κ3) is 3.51.